The normalized spacial score (nSPS) is 18.3. The highest BCUT2D eigenvalue weighted by molar-refractivity contribution is 7.86. The number of piperidine rings is 2. The highest BCUT2D eigenvalue weighted by atomic mass is 32.2. The minimum absolute atomic E-state index is 0.0233. The fourth-order valence-electron chi connectivity index (χ4n) is 14.3. The van der Waals surface area contributed by atoms with Crippen molar-refractivity contribution in [1.29, 1.82) is 0 Å². The van der Waals surface area contributed by atoms with Crippen LogP contribution in [0.4, 0.5) is 57.9 Å². The number of anilines is 4. The van der Waals surface area contributed by atoms with Crippen LogP contribution in [0.15, 0.2) is 168 Å². The Balaban J connectivity index is 0.000000178. The molecule has 0 unspecified atom stereocenters. The zero-order valence-corrected chi connectivity index (χ0v) is 57.9. The SMILES string of the molecule is Cc1ccc(NC(=O)[C@H]2CCCN(C(=O)c3c(C)cccc3F)[C@H]2c2ccc(NC3CCCC3)cc2)cc1C(F)(F)F.Cc1ccc(NC(=O)[C@H]2CCCN(C(=O)c3c(C)cccc3F)[C@H]2c2ccc(NC3CCCC3)cc2)cc1C(F)(F)F.O=S(=O)(O)c1cccc2c(S(=O)(=O)O)cccc12. The number of hydrogen-bond donors (Lipinski definition) is 6. The number of likely N-dealkylation sites (tertiary alicyclic amines) is 2. The molecular weight excluding hydrogens is 1370 g/mol. The second-order valence-electron chi connectivity index (χ2n) is 26.3. The van der Waals surface area contributed by atoms with E-state index in [1.807, 2.05) is 48.5 Å². The molecule has 2 aliphatic carbocycles. The molecule has 26 heteroatoms. The van der Waals surface area contributed by atoms with Crippen molar-refractivity contribution in [3.05, 3.63) is 225 Å². The van der Waals surface area contributed by atoms with E-state index in [2.05, 4.69) is 21.3 Å². The fourth-order valence-corrected chi connectivity index (χ4v) is 15.7. The van der Waals surface area contributed by atoms with Crippen molar-refractivity contribution < 1.29 is 80.2 Å². The van der Waals surface area contributed by atoms with E-state index in [0.29, 0.717) is 73.1 Å². The summed E-state index contributed by atoms with van der Waals surface area (Å²) >= 11 is 0. The molecule has 8 aromatic rings. The Bertz CT molecular complexity index is 4310. The summed E-state index contributed by atoms with van der Waals surface area (Å²) in [5.41, 5.74) is 2.68. The van der Waals surface area contributed by atoms with Gasteiger partial charge in [-0.1, -0.05) is 111 Å². The summed E-state index contributed by atoms with van der Waals surface area (Å²) in [4.78, 5) is 57.4. The maximum Gasteiger partial charge on any atom is 0.416 e. The molecule has 12 rings (SSSR count). The third-order valence-corrected chi connectivity index (χ3v) is 21.1. The Hall–Kier alpha value is -9.24. The molecule has 4 atom stereocenters. The van der Waals surface area contributed by atoms with Gasteiger partial charge in [-0.2, -0.15) is 43.2 Å². The molecule has 4 amide bonds. The molecular formula is C76H78F8N6O10S2. The number of aryl methyl sites for hydroxylation is 4. The Morgan fingerprint density at radius 1 is 0.422 bits per heavy atom. The second kappa shape index (κ2) is 31.6. The molecule has 6 N–H and O–H groups in total. The highest BCUT2D eigenvalue weighted by Crippen LogP contribution is 2.43. The van der Waals surface area contributed by atoms with Crippen molar-refractivity contribution in [3.63, 3.8) is 0 Å². The van der Waals surface area contributed by atoms with Gasteiger partial charge < -0.3 is 31.1 Å². The smallest absolute Gasteiger partial charge is 0.382 e. The summed E-state index contributed by atoms with van der Waals surface area (Å²) in [6, 6.07) is 38.3. The van der Waals surface area contributed by atoms with Crippen LogP contribution in [0.5, 0.6) is 0 Å². The van der Waals surface area contributed by atoms with E-state index in [1.165, 1.54) is 122 Å². The van der Waals surface area contributed by atoms with Crippen LogP contribution in [0.2, 0.25) is 0 Å². The van der Waals surface area contributed by atoms with Crippen LogP contribution in [0.3, 0.4) is 0 Å². The third-order valence-electron chi connectivity index (χ3n) is 19.3. The molecule has 2 aliphatic heterocycles. The molecule has 0 spiro atoms. The van der Waals surface area contributed by atoms with Crippen LogP contribution in [0, 0.1) is 51.2 Å². The molecule has 2 saturated heterocycles. The van der Waals surface area contributed by atoms with Crippen molar-refractivity contribution in [3.8, 4) is 0 Å². The molecule has 2 heterocycles. The monoisotopic (exact) mass is 1450 g/mol. The lowest BCUT2D eigenvalue weighted by Crippen LogP contribution is -2.46. The van der Waals surface area contributed by atoms with Crippen molar-refractivity contribution >= 4 is 77.4 Å². The molecule has 2 saturated carbocycles. The number of carbonyl (C=O) groups is 4. The Labute approximate surface area is 586 Å². The Kier molecular flexibility index (Phi) is 23.3. The molecule has 540 valence electrons. The van der Waals surface area contributed by atoms with Crippen LogP contribution in [-0.4, -0.2) is 84.5 Å². The lowest BCUT2D eigenvalue weighted by Gasteiger charge is -2.41. The van der Waals surface area contributed by atoms with Gasteiger partial charge in [0.15, 0.2) is 0 Å². The number of halogens is 8. The molecule has 8 aromatic carbocycles. The maximum atomic E-state index is 14.9. The van der Waals surface area contributed by atoms with E-state index in [9.17, 15) is 71.1 Å². The zero-order valence-electron chi connectivity index (χ0n) is 56.3. The summed E-state index contributed by atoms with van der Waals surface area (Å²) in [7, 11) is -8.94. The van der Waals surface area contributed by atoms with Crippen LogP contribution in [0.25, 0.3) is 10.8 Å². The molecule has 0 bridgehead atoms. The van der Waals surface area contributed by atoms with Gasteiger partial charge in [0.05, 0.1) is 46.2 Å². The van der Waals surface area contributed by atoms with Gasteiger partial charge in [0, 0.05) is 58.7 Å². The predicted octanol–water partition coefficient (Wildman–Crippen LogP) is 17.4. The first-order valence-electron chi connectivity index (χ1n) is 33.6. The maximum absolute atomic E-state index is 14.9. The largest absolute Gasteiger partial charge is 0.416 e. The van der Waals surface area contributed by atoms with Gasteiger partial charge in [-0.15, -0.1) is 0 Å². The summed E-state index contributed by atoms with van der Waals surface area (Å²) in [6.07, 6.45) is 1.83. The van der Waals surface area contributed by atoms with Crippen LogP contribution in [-0.2, 0) is 42.2 Å². The average Bonchev–Trinajstić information content (AvgIpc) is 1.10. The topological polar surface area (TPSA) is 232 Å². The van der Waals surface area contributed by atoms with Crippen LogP contribution >= 0.6 is 0 Å². The number of amides is 4. The van der Waals surface area contributed by atoms with Crippen molar-refractivity contribution in [1.82, 2.24) is 9.80 Å². The van der Waals surface area contributed by atoms with Crippen LogP contribution in [0.1, 0.15) is 154 Å². The fraction of sp³-hybridized carbons (Fsp3) is 0.342. The number of alkyl halides is 6. The van der Waals surface area contributed by atoms with Gasteiger partial charge in [0.2, 0.25) is 11.8 Å². The minimum Gasteiger partial charge on any atom is -0.382 e. The molecule has 4 fully saturated rings. The molecule has 4 aliphatic rings. The highest BCUT2D eigenvalue weighted by Gasteiger charge is 2.43. The first-order chi connectivity index (χ1) is 48.3. The lowest BCUT2D eigenvalue weighted by atomic mass is 9.83. The summed E-state index contributed by atoms with van der Waals surface area (Å²) in [5, 5.41) is 12.5. The quantitative estimate of drug-likeness (QED) is 0.0441. The van der Waals surface area contributed by atoms with E-state index in [-0.39, 0.29) is 44.4 Å². The molecule has 102 heavy (non-hydrogen) atoms. The third kappa shape index (κ3) is 17.8. The summed E-state index contributed by atoms with van der Waals surface area (Å²) in [6.45, 7) is 6.69. The van der Waals surface area contributed by atoms with Crippen LogP contribution < -0.4 is 21.3 Å². The van der Waals surface area contributed by atoms with Gasteiger partial charge >= 0.3 is 12.4 Å². The zero-order chi connectivity index (χ0) is 73.6. The van der Waals surface area contributed by atoms with E-state index >= 15 is 0 Å². The van der Waals surface area contributed by atoms with E-state index in [1.54, 1.807) is 26.0 Å². The standard InChI is InChI=1S/2C33H35F4N3O2.C10H8O6S2/c2*1-20-12-15-25(19-27(20)33(35,36)37)39-31(41)26-10-6-18-40(32(42)29-21(2)7-5-11-28(29)34)30(26)22-13-16-24(17-14-22)38-23-8-3-4-9-23;11-17(12,13)9-5-1-3-7-8(9)4-2-6-10(7)18(14,15)16/h2*5,7,11-17,19,23,26,30,38H,3-4,6,8-10,18H2,1-2H3,(H,39,41);1-6H,(H,11,12,13)(H,14,15,16)/t2*26-,30-;/m00./s1. The van der Waals surface area contributed by atoms with E-state index < -0.39 is 113 Å². The number of nitrogens with one attached hydrogen (secondary N) is 4. The van der Waals surface area contributed by atoms with Gasteiger partial charge in [-0.3, -0.25) is 28.3 Å². The number of carbonyl (C=O) groups excluding carboxylic acids is 4. The van der Waals surface area contributed by atoms with Gasteiger partial charge in [-0.25, -0.2) is 8.78 Å². The molecule has 16 nitrogen and oxygen atoms in total. The first kappa shape index (κ1) is 75.4. The number of rotatable bonds is 14. The number of nitrogens with zero attached hydrogens (tertiary/aromatic N) is 2. The van der Waals surface area contributed by atoms with Gasteiger partial charge in [-0.05, 0) is 185 Å². The second-order valence-corrected chi connectivity index (χ2v) is 29.1. The van der Waals surface area contributed by atoms with E-state index in [4.69, 9.17) is 9.11 Å². The van der Waals surface area contributed by atoms with Gasteiger partial charge in [0.25, 0.3) is 32.1 Å². The lowest BCUT2D eigenvalue weighted by molar-refractivity contribution is -0.138. The van der Waals surface area contributed by atoms with Gasteiger partial charge in [0.1, 0.15) is 21.4 Å². The van der Waals surface area contributed by atoms with E-state index in [0.717, 1.165) is 61.3 Å². The Morgan fingerprint density at radius 3 is 1.08 bits per heavy atom. The summed E-state index contributed by atoms with van der Waals surface area (Å²) < 4.78 is 174. The number of fused-ring (bicyclic) bond motifs is 1. The molecule has 0 aromatic heterocycles. The number of hydrogen-bond acceptors (Lipinski definition) is 10. The summed E-state index contributed by atoms with van der Waals surface area (Å²) in [5.74, 6) is -4.83. The number of benzene rings is 8. The minimum atomic E-state index is -4.56. The molecule has 0 radical (unpaired) electrons. The predicted molar refractivity (Wildman–Crippen MR) is 373 cm³/mol. The van der Waals surface area contributed by atoms with Crippen molar-refractivity contribution in [2.75, 3.05) is 34.4 Å². The van der Waals surface area contributed by atoms with Crippen molar-refractivity contribution in [2.45, 2.75) is 151 Å². The average molecular weight is 1450 g/mol. The Morgan fingerprint density at radius 2 is 0.755 bits per heavy atom. The first-order valence-corrected chi connectivity index (χ1v) is 36.4. The van der Waals surface area contributed by atoms with Crippen molar-refractivity contribution in [2.24, 2.45) is 11.8 Å².